The highest BCUT2D eigenvalue weighted by Gasteiger charge is 2.37. The topological polar surface area (TPSA) is 15.6 Å². The van der Waals surface area contributed by atoms with Gasteiger partial charge < -0.3 is 4.90 Å². The Balaban J connectivity index is 1.78. The minimum absolute atomic E-state index is 0.0869. The number of benzene rings is 2. The van der Waals surface area contributed by atoms with Gasteiger partial charge in [0.15, 0.2) is 5.17 Å². The van der Waals surface area contributed by atoms with Gasteiger partial charge in [0.05, 0.1) is 0 Å². The first kappa shape index (κ1) is 17.3. The maximum absolute atomic E-state index is 13.5. The molecule has 0 unspecified atom stereocenters. The molecule has 2 aliphatic heterocycles. The maximum atomic E-state index is 13.5. The van der Waals surface area contributed by atoms with Crippen LogP contribution in [-0.4, -0.2) is 23.2 Å². The van der Waals surface area contributed by atoms with Gasteiger partial charge in [-0.15, -0.1) is 0 Å². The van der Waals surface area contributed by atoms with Crippen LogP contribution in [0.1, 0.15) is 30.9 Å². The van der Waals surface area contributed by atoms with Crippen molar-refractivity contribution in [2.24, 2.45) is 10.4 Å². The van der Waals surface area contributed by atoms with E-state index in [0.717, 1.165) is 35.1 Å². The molecule has 2 aromatic carbocycles. The molecule has 0 bridgehead atoms. The lowest BCUT2D eigenvalue weighted by Crippen LogP contribution is -2.41. The van der Waals surface area contributed by atoms with Crippen molar-refractivity contribution < 1.29 is 8.78 Å². The van der Waals surface area contributed by atoms with Gasteiger partial charge in [0.2, 0.25) is 0 Å². The van der Waals surface area contributed by atoms with Crippen LogP contribution in [0.3, 0.4) is 0 Å². The largest absolute Gasteiger partial charge is 0.323 e. The van der Waals surface area contributed by atoms with Crippen molar-refractivity contribution in [3.63, 3.8) is 0 Å². The summed E-state index contributed by atoms with van der Waals surface area (Å²) in [6, 6.07) is 13.1. The monoisotopic (exact) mass is 370 g/mol. The van der Waals surface area contributed by atoms with Crippen molar-refractivity contribution in [3.05, 3.63) is 82.4 Å². The van der Waals surface area contributed by atoms with Crippen LogP contribution >= 0.6 is 11.8 Å². The summed E-state index contributed by atoms with van der Waals surface area (Å²) in [5, 5.41) is 3.13. The molecule has 0 N–H and O–H groups in total. The number of thioether (sulfide) groups is 1. The van der Waals surface area contributed by atoms with Crippen LogP contribution in [0.2, 0.25) is 0 Å². The number of hydrogen-bond acceptors (Lipinski definition) is 3. The molecule has 2 nitrogen and oxygen atoms in total. The Morgan fingerprint density at radius 1 is 0.962 bits per heavy atom. The van der Waals surface area contributed by atoms with Crippen molar-refractivity contribution in [2.45, 2.75) is 19.8 Å². The molecule has 5 heteroatoms. The molecule has 0 spiro atoms. The van der Waals surface area contributed by atoms with Gasteiger partial charge in [-0.3, -0.25) is 4.99 Å². The van der Waals surface area contributed by atoms with Gasteiger partial charge in [0.25, 0.3) is 0 Å². The number of amidine groups is 1. The highest BCUT2D eigenvalue weighted by molar-refractivity contribution is 8.16. The van der Waals surface area contributed by atoms with Gasteiger partial charge in [0, 0.05) is 30.1 Å². The normalized spacial score (nSPS) is 18.6. The molecule has 0 fully saturated rings. The third kappa shape index (κ3) is 3.28. The summed E-state index contributed by atoms with van der Waals surface area (Å²) in [5.41, 5.74) is 3.16. The van der Waals surface area contributed by atoms with E-state index in [9.17, 15) is 8.78 Å². The first-order valence-electron chi connectivity index (χ1n) is 8.63. The van der Waals surface area contributed by atoms with Crippen LogP contribution in [0.5, 0.6) is 0 Å². The fourth-order valence-electron chi connectivity index (χ4n) is 3.46. The molecule has 134 valence electrons. The molecule has 2 aliphatic rings. The Morgan fingerprint density at radius 2 is 1.50 bits per heavy atom. The molecule has 4 rings (SSSR count). The van der Waals surface area contributed by atoms with Crippen molar-refractivity contribution >= 4 is 16.9 Å². The van der Waals surface area contributed by atoms with Gasteiger partial charge in [-0.2, -0.15) is 0 Å². The van der Waals surface area contributed by atoms with Crippen molar-refractivity contribution in [3.8, 4) is 0 Å². The molecule has 0 aliphatic carbocycles. The van der Waals surface area contributed by atoms with Crippen molar-refractivity contribution in [1.29, 1.82) is 0 Å². The van der Waals surface area contributed by atoms with E-state index in [0.29, 0.717) is 0 Å². The van der Waals surface area contributed by atoms with E-state index in [1.165, 1.54) is 24.3 Å². The summed E-state index contributed by atoms with van der Waals surface area (Å²) in [4.78, 5) is 6.98. The minimum atomic E-state index is -0.261. The zero-order valence-corrected chi connectivity index (χ0v) is 15.6. The quantitative estimate of drug-likeness (QED) is 0.721. The van der Waals surface area contributed by atoms with E-state index < -0.39 is 0 Å². The van der Waals surface area contributed by atoms with Crippen molar-refractivity contribution in [2.75, 3.05) is 13.1 Å². The highest BCUT2D eigenvalue weighted by atomic mass is 32.2. The summed E-state index contributed by atoms with van der Waals surface area (Å²) in [6.07, 6.45) is 0. The van der Waals surface area contributed by atoms with E-state index >= 15 is 0 Å². The summed E-state index contributed by atoms with van der Waals surface area (Å²) in [6.45, 7) is 6.10. The molecular weight excluding hydrogens is 350 g/mol. The number of nitrogens with zero attached hydrogens (tertiary/aromatic N) is 2. The average molecular weight is 370 g/mol. The first-order valence-corrected chi connectivity index (χ1v) is 9.51. The number of halogens is 2. The number of aliphatic imine (C=N–C) groups is 1. The van der Waals surface area contributed by atoms with Crippen LogP contribution in [0, 0.1) is 17.0 Å². The molecule has 2 aromatic rings. The lowest BCUT2D eigenvalue weighted by atomic mass is 9.86. The van der Waals surface area contributed by atoms with E-state index in [2.05, 4.69) is 24.2 Å². The van der Waals surface area contributed by atoms with Gasteiger partial charge in [-0.05, 0) is 40.8 Å². The second-order valence-electron chi connectivity index (χ2n) is 7.55. The zero-order chi connectivity index (χ0) is 18.3. The van der Waals surface area contributed by atoms with Crippen LogP contribution < -0.4 is 0 Å². The Labute approximate surface area is 156 Å². The van der Waals surface area contributed by atoms with E-state index in [4.69, 9.17) is 4.99 Å². The Morgan fingerprint density at radius 3 is 2.04 bits per heavy atom. The van der Waals surface area contributed by atoms with Crippen LogP contribution in [-0.2, 0) is 0 Å². The lowest BCUT2D eigenvalue weighted by Gasteiger charge is -2.38. The fourth-order valence-corrected chi connectivity index (χ4v) is 4.39. The predicted octanol–water partition coefficient (Wildman–Crippen LogP) is 5.38. The SMILES string of the molecule is CC1(C)CN=C2SC=C(C(c3ccc(F)cc3)c3ccc(F)cc3)N2C1. The van der Waals surface area contributed by atoms with Gasteiger partial charge in [-0.1, -0.05) is 49.9 Å². The summed E-state index contributed by atoms with van der Waals surface area (Å²) < 4.78 is 26.9. The fraction of sp³-hybridized carbons (Fsp3) is 0.286. The molecule has 0 aromatic heterocycles. The summed E-state index contributed by atoms with van der Waals surface area (Å²) >= 11 is 1.62. The predicted molar refractivity (Wildman–Crippen MR) is 103 cm³/mol. The molecule has 26 heavy (non-hydrogen) atoms. The van der Waals surface area contributed by atoms with Crippen molar-refractivity contribution in [1.82, 2.24) is 4.90 Å². The number of rotatable bonds is 3. The third-order valence-corrected chi connectivity index (χ3v) is 5.68. The maximum Gasteiger partial charge on any atom is 0.167 e. The zero-order valence-electron chi connectivity index (χ0n) is 14.7. The molecule has 0 saturated carbocycles. The molecule has 0 saturated heterocycles. The Hall–Kier alpha value is -2.14. The van der Waals surface area contributed by atoms with Crippen LogP contribution in [0.4, 0.5) is 8.78 Å². The summed E-state index contributed by atoms with van der Waals surface area (Å²) in [5.74, 6) is -0.615. The Bertz CT molecular complexity index is 824. The van der Waals surface area contributed by atoms with Crippen LogP contribution in [0.15, 0.2) is 64.6 Å². The molecule has 0 amide bonds. The van der Waals surface area contributed by atoms with Gasteiger partial charge in [-0.25, -0.2) is 8.78 Å². The second kappa shape index (κ2) is 6.54. The number of allylic oxidation sites excluding steroid dienone is 1. The smallest absolute Gasteiger partial charge is 0.167 e. The highest BCUT2D eigenvalue weighted by Crippen LogP contribution is 2.43. The standard InChI is InChI=1S/C21H20F2N2S/c1-21(2)12-24-20-25(13-21)18(11-26-20)19(14-3-7-16(22)8-4-14)15-5-9-17(23)10-6-15/h3-11,19H,12-13H2,1-2H3. The summed E-state index contributed by atoms with van der Waals surface area (Å²) in [7, 11) is 0. The molecular formula is C21H20F2N2S. The van der Waals surface area contributed by atoms with Crippen LogP contribution in [0.25, 0.3) is 0 Å². The minimum Gasteiger partial charge on any atom is -0.323 e. The van der Waals surface area contributed by atoms with E-state index in [1.807, 2.05) is 0 Å². The van der Waals surface area contributed by atoms with E-state index in [-0.39, 0.29) is 23.0 Å². The third-order valence-electron chi connectivity index (χ3n) is 4.76. The second-order valence-corrected chi connectivity index (χ2v) is 8.38. The van der Waals surface area contributed by atoms with Gasteiger partial charge >= 0.3 is 0 Å². The average Bonchev–Trinajstić information content (AvgIpc) is 3.00. The van der Waals surface area contributed by atoms with Gasteiger partial charge in [0.1, 0.15) is 11.6 Å². The first-order chi connectivity index (χ1) is 12.4. The Kier molecular flexibility index (Phi) is 4.35. The molecule has 0 atom stereocenters. The number of fused-ring (bicyclic) bond motifs is 1. The lowest BCUT2D eigenvalue weighted by molar-refractivity contribution is 0.271. The molecule has 0 radical (unpaired) electrons. The van der Waals surface area contributed by atoms with E-state index in [1.54, 1.807) is 36.0 Å². The number of hydrogen-bond donors (Lipinski definition) is 0. The molecule has 2 heterocycles.